The summed E-state index contributed by atoms with van der Waals surface area (Å²) in [6.45, 7) is 1.41. The van der Waals surface area contributed by atoms with E-state index in [0.717, 1.165) is 18.9 Å². The molecule has 132 valence electrons. The van der Waals surface area contributed by atoms with Crippen molar-refractivity contribution in [2.45, 2.75) is 19.2 Å². The molecule has 1 saturated heterocycles. The van der Waals surface area contributed by atoms with Crippen molar-refractivity contribution in [3.05, 3.63) is 48.0 Å². The Hall–Kier alpha value is -2.70. The third-order valence-electron chi connectivity index (χ3n) is 3.96. The van der Waals surface area contributed by atoms with Gasteiger partial charge in [0.2, 0.25) is 0 Å². The second kappa shape index (κ2) is 6.66. The molecule has 0 saturated carbocycles. The first-order valence-corrected chi connectivity index (χ1v) is 7.81. The molecule has 25 heavy (non-hydrogen) atoms. The highest BCUT2D eigenvalue weighted by atomic mass is 19.4. The van der Waals surface area contributed by atoms with Gasteiger partial charge in [0.25, 0.3) is 5.91 Å². The minimum absolute atomic E-state index is 0.105. The van der Waals surface area contributed by atoms with Gasteiger partial charge in [-0.1, -0.05) is 12.1 Å². The van der Waals surface area contributed by atoms with Crippen molar-refractivity contribution in [3.8, 4) is 22.6 Å². The molecule has 1 heterocycles. The monoisotopic (exact) mass is 351 g/mol. The zero-order valence-electron chi connectivity index (χ0n) is 13.2. The van der Waals surface area contributed by atoms with Crippen molar-refractivity contribution in [1.82, 2.24) is 4.90 Å². The Balaban J connectivity index is 1.91. The number of ether oxygens (including phenoxy) is 1. The highest BCUT2D eigenvalue weighted by molar-refractivity contribution is 5.95. The van der Waals surface area contributed by atoms with Crippen molar-refractivity contribution in [2.75, 3.05) is 13.1 Å². The van der Waals surface area contributed by atoms with Gasteiger partial charge in [0.05, 0.1) is 0 Å². The van der Waals surface area contributed by atoms with Crippen LogP contribution in [0.3, 0.4) is 0 Å². The highest BCUT2D eigenvalue weighted by Gasteiger charge is 2.31. The van der Waals surface area contributed by atoms with Crippen LogP contribution < -0.4 is 4.74 Å². The summed E-state index contributed by atoms with van der Waals surface area (Å²) in [4.78, 5) is 14.2. The number of amides is 1. The molecule has 0 spiro atoms. The third kappa shape index (κ3) is 4.23. The van der Waals surface area contributed by atoms with Crippen LogP contribution in [0.1, 0.15) is 23.2 Å². The van der Waals surface area contributed by atoms with Crippen molar-refractivity contribution in [3.63, 3.8) is 0 Å². The minimum atomic E-state index is -4.85. The van der Waals surface area contributed by atoms with Crippen LogP contribution in [0.25, 0.3) is 11.1 Å². The number of phenols is 1. The van der Waals surface area contributed by atoms with Gasteiger partial charge in [0.1, 0.15) is 11.5 Å². The molecule has 1 aliphatic rings. The van der Waals surface area contributed by atoms with Gasteiger partial charge in [0.15, 0.2) is 0 Å². The number of hydrogen-bond donors (Lipinski definition) is 1. The number of nitrogens with zero attached hydrogens (tertiary/aromatic N) is 1. The summed E-state index contributed by atoms with van der Waals surface area (Å²) in [5.74, 6) is -0.974. The molecule has 1 N–H and O–H groups in total. The molecule has 0 aliphatic carbocycles. The van der Waals surface area contributed by atoms with Gasteiger partial charge in [-0.25, -0.2) is 0 Å². The standard InChI is InChI=1S/C18H16F3NO3/c19-18(20,21)25-16-10-14(9-15(23)11-16)12-4-3-5-13(8-12)17(24)22-6-1-2-7-22/h3-5,8-11,23H,1-2,6-7H2. The smallest absolute Gasteiger partial charge is 0.508 e. The fourth-order valence-corrected chi connectivity index (χ4v) is 2.88. The zero-order chi connectivity index (χ0) is 18.0. The third-order valence-corrected chi connectivity index (χ3v) is 3.96. The van der Waals surface area contributed by atoms with E-state index in [4.69, 9.17) is 0 Å². The number of hydrogen-bond acceptors (Lipinski definition) is 3. The number of carbonyl (C=O) groups is 1. The normalized spacial score (nSPS) is 14.6. The molecule has 0 radical (unpaired) electrons. The van der Waals surface area contributed by atoms with Crippen molar-refractivity contribution in [1.29, 1.82) is 0 Å². The second-order valence-electron chi connectivity index (χ2n) is 5.84. The number of likely N-dealkylation sites (tertiary alicyclic amines) is 1. The van der Waals surface area contributed by atoms with Crippen molar-refractivity contribution in [2.24, 2.45) is 0 Å². The Kier molecular flexibility index (Phi) is 4.57. The van der Waals surface area contributed by atoms with Gasteiger partial charge in [-0.2, -0.15) is 0 Å². The van der Waals surface area contributed by atoms with Crippen LogP contribution >= 0.6 is 0 Å². The van der Waals surface area contributed by atoms with Gasteiger partial charge >= 0.3 is 6.36 Å². The molecular formula is C18H16F3NO3. The molecule has 1 aliphatic heterocycles. The number of alkyl halides is 3. The van der Waals surface area contributed by atoms with Crippen LogP contribution in [0, 0.1) is 0 Å². The molecule has 2 aromatic carbocycles. The van der Waals surface area contributed by atoms with E-state index in [1.807, 2.05) is 0 Å². The van der Waals surface area contributed by atoms with E-state index in [-0.39, 0.29) is 11.7 Å². The maximum Gasteiger partial charge on any atom is 0.573 e. The lowest BCUT2D eigenvalue weighted by Crippen LogP contribution is -2.27. The largest absolute Gasteiger partial charge is 0.573 e. The predicted molar refractivity (Wildman–Crippen MR) is 85.4 cm³/mol. The molecule has 1 amide bonds. The molecule has 0 atom stereocenters. The maximum absolute atomic E-state index is 12.5. The molecule has 2 aromatic rings. The van der Waals surface area contributed by atoms with Crippen LogP contribution in [-0.4, -0.2) is 35.4 Å². The molecule has 3 rings (SSSR count). The van der Waals surface area contributed by atoms with Crippen LogP contribution in [0.15, 0.2) is 42.5 Å². The zero-order valence-corrected chi connectivity index (χ0v) is 13.2. The van der Waals surface area contributed by atoms with Crippen LogP contribution in [0.5, 0.6) is 11.5 Å². The molecule has 4 nitrogen and oxygen atoms in total. The van der Waals surface area contributed by atoms with Gasteiger partial charge in [-0.05, 0) is 48.2 Å². The first-order chi connectivity index (χ1) is 11.8. The minimum Gasteiger partial charge on any atom is -0.508 e. The first-order valence-electron chi connectivity index (χ1n) is 7.81. The molecule has 7 heteroatoms. The average molecular weight is 351 g/mol. The fourth-order valence-electron chi connectivity index (χ4n) is 2.88. The molecule has 0 aromatic heterocycles. The van der Waals surface area contributed by atoms with E-state index < -0.39 is 12.1 Å². The Bertz CT molecular complexity index is 783. The van der Waals surface area contributed by atoms with E-state index in [2.05, 4.69) is 4.74 Å². The van der Waals surface area contributed by atoms with Crippen molar-refractivity contribution < 1.29 is 27.8 Å². The number of benzene rings is 2. The number of halogens is 3. The van der Waals surface area contributed by atoms with Gasteiger partial charge in [-0.3, -0.25) is 4.79 Å². The lowest BCUT2D eigenvalue weighted by molar-refractivity contribution is -0.274. The molecule has 0 bridgehead atoms. The maximum atomic E-state index is 12.5. The summed E-state index contributed by atoms with van der Waals surface area (Å²) in [5.41, 5.74) is 1.31. The average Bonchev–Trinajstić information content (AvgIpc) is 3.06. The Morgan fingerprint density at radius 1 is 1.04 bits per heavy atom. The van der Waals surface area contributed by atoms with E-state index in [9.17, 15) is 23.1 Å². The molecular weight excluding hydrogens is 335 g/mol. The van der Waals surface area contributed by atoms with Gasteiger partial charge < -0.3 is 14.7 Å². The van der Waals surface area contributed by atoms with Crippen molar-refractivity contribution >= 4 is 5.91 Å². The van der Waals surface area contributed by atoms with Crippen LogP contribution in [0.2, 0.25) is 0 Å². The highest BCUT2D eigenvalue weighted by Crippen LogP contribution is 2.32. The van der Waals surface area contributed by atoms with E-state index in [0.29, 0.717) is 29.8 Å². The Morgan fingerprint density at radius 2 is 1.76 bits per heavy atom. The quantitative estimate of drug-likeness (QED) is 0.902. The van der Waals surface area contributed by atoms with Gasteiger partial charge in [0, 0.05) is 24.7 Å². The van der Waals surface area contributed by atoms with E-state index in [1.54, 1.807) is 29.2 Å². The summed E-state index contributed by atoms with van der Waals surface area (Å²) >= 11 is 0. The molecule has 1 fully saturated rings. The SMILES string of the molecule is O=C(c1cccc(-c2cc(O)cc(OC(F)(F)F)c2)c1)N1CCCC1. The number of carbonyl (C=O) groups excluding carboxylic acids is 1. The number of rotatable bonds is 3. The summed E-state index contributed by atoms with van der Waals surface area (Å²) in [6, 6.07) is 9.97. The fraction of sp³-hybridized carbons (Fsp3) is 0.278. The lowest BCUT2D eigenvalue weighted by atomic mass is 10.0. The summed E-state index contributed by atoms with van der Waals surface area (Å²) in [7, 11) is 0. The van der Waals surface area contributed by atoms with E-state index in [1.165, 1.54) is 12.1 Å². The Labute approximate surface area is 142 Å². The first kappa shape index (κ1) is 17.1. The topological polar surface area (TPSA) is 49.8 Å². The number of phenolic OH excluding ortho intramolecular Hbond substituents is 1. The van der Waals surface area contributed by atoms with Gasteiger partial charge in [-0.15, -0.1) is 13.2 Å². The molecule has 0 unspecified atom stereocenters. The lowest BCUT2D eigenvalue weighted by Gasteiger charge is -2.16. The Morgan fingerprint density at radius 3 is 2.44 bits per heavy atom. The van der Waals surface area contributed by atoms with E-state index >= 15 is 0 Å². The van der Waals surface area contributed by atoms with Crippen LogP contribution in [0.4, 0.5) is 13.2 Å². The predicted octanol–water partition coefficient (Wildman–Crippen LogP) is 4.19. The second-order valence-corrected chi connectivity index (χ2v) is 5.84. The summed E-state index contributed by atoms with van der Waals surface area (Å²) < 4.78 is 41.1. The summed E-state index contributed by atoms with van der Waals surface area (Å²) in [5, 5.41) is 9.68. The van der Waals surface area contributed by atoms with Crippen LogP contribution in [-0.2, 0) is 0 Å². The number of aromatic hydroxyl groups is 1. The summed E-state index contributed by atoms with van der Waals surface area (Å²) in [6.07, 6.45) is -2.91.